The number of aromatic nitrogens is 1. The Hall–Kier alpha value is -3.25. The number of fused-ring (bicyclic) bond motifs is 3. The van der Waals surface area contributed by atoms with Gasteiger partial charge in [0.05, 0.1) is 29.6 Å². The summed E-state index contributed by atoms with van der Waals surface area (Å²) < 4.78 is 7.47. The van der Waals surface area contributed by atoms with E-state index >= 15 is 0 Å². The molecule has 0 saturated carbocycles. The predicted octanol–water partition coefficient (Wildman–Crippen LogP) is 5.42. The molecule has 1 aromatic heterocycles. The smallest absolute Gasteiger partial charge is 0.247 e. The van der Waals surface area contributed by atoms with Gasteiger partial charge in [-0.3, -0.25) is 14.5 Å². The van der Waals surface area contributed by atoms with Crippen LogP contribution in [0.3, 0.4) is 0 Å². The van der Waals surface area contributed by atoms with Crippen molar-refractivity contribution in [3.63, 3.8) is 0 Å². The molecule has 1 aliphatic rings. The van der Waals surface area contributed by atoms with Gasteiger partial charge in [0.25, 0.3) is 0 Å². The molecule has 35 heavy (non-hydrogen) atoms. The van der Waals surface area contributed by atoms with Crippen LogP contribution in [0, 0.1) is 5.41 Å². The number of halogens is 1. The molecule has 1 aliphatic heterocycles. The molecule has 0 aliphatic carbocycles. The minimum absolute atomic E-state index is 0.0431. The van der Waals surface area contributed by atoms with Gasteiger partial charge >= 0.3 is 0 Å². The summed E-state index contributed by atoms with van der Waals surface area (Å²) in [5, 5.41) is 0. The normalized spacial score (nSPS) is 14.9. The number of para-hydroxylation sites is 2. The van der Waals surface area contributed by atoms with E-state index in [0.29, 0.717) is 0 Å². The van der Waals surface area contributed by atoms with Crippen molar-refractivity contribution < 1.29 is 14.3 Å². The maximum absolute atomic E-state index is 14.1. The van der Waals surface area contributed by atoms with Crippen molar-refractivity contribution in [3.8, 4) is 11.4 Å². The molecule has 1 atom stereocenters. The van der Waals surface area contributed by atoms with Crippen LogP contribution in [0.1, 0.15) is 45.0 Å². The first-order valence-corrected chi connectivity index (χ1v) is 12.3. The van der Waals surface area contributed by atoms with Gasteiger partial charge in [-0.1, -0.05) is 24.3 Å². The average molecular weight is 494 g/mol. The Bertz CT molecular complexity index is 1220. The number of amides is 2. The van der Waals surface area contributed by atoms with E-state index in [4.69, 9.17) is 16.3 Å². The molecule has 6 nitrogen and oxygen atoms in total. The summed E-state index contributed by atoms with van der Waals surface area (Å²) >= 11 is 6.10. The van der Waals surface area contributed by atoms with Crippen LogP contribution in [-0.4, -0.2) is 46.9 Å². The summed E-state index contributed by atoms with van der Waals surface area (Å²) in [7, 11) is 1.63. The zero-order valence-electron chi connectivity index (χ0n) is 20.9. The molecule has 0 spiro atoms. The maximum Gasteiger partial charge on any atom is 0.247 e. The van der Waals surface area contributed by atoms with Crippen LogP contribution in [0.2, 0.25) is 0 Å². The first kappa shape index (κ1) is 24.9. The molecule has 0 bridgehead atoms. The topological polar surface area (TPSA) is 54.8 Å². The standard InChI is InChI=1S/C28H32ClN3O3/c1-19(2)31(27(34)28(3,4)18-29)17-25(33)32-23-10-7-6-9-22(23)30-16-8-11-24(30)26(32)20-12-14-21(35-5)15-13-20/h6-16,19,26H,17-18H2,1-5H3. The Balaban J connectivity index is 1.80. The van der Waals surface area contributed by atoms with Crippen molar-refractivity contribution in [2.45, 2.75) is 39.8 Å². The van der Waals surface area contributed by atoms with E-state index in [9.17, 15) is 9.59 Å². The summed E-state index contributed by atoms with van der Waals surface area (Å²) in [6.07, 6.45) is 2.01. The Morgan fingerprint density at radius 3 is 2.29 bits per heavy atom. The molecular weight excluding hydrogens is 462 g/mol. The van der Waals surface area contributed by atoms with Crippen LogP contribution in [-0.2, 0) is 9.59 Å². The Kier molecular flexibility index (Phi) is 6.95. The molecule has 0 saturated heterocycles. The molecule has 0 N–H and O–H groups in total. The lowest BCUT2D eigenvalue weighted by atomic mass is 9.93. The Morgan fingerprint density at radius 1 is 1.03 bits per heavy atom. The third kappa shape index (κ3) is 4.55. The molecule has 2 aromatic carbocycles. The molecule has 0 radical (unpaired) electrons. The highest BCUT2D eigenvalue weighted by Crippen LogP contribution is 2.42. The van der Waals surface area contributed by atoms with Crippen LogP contribution >= 0.6 is 11.6 Å². The molecule has 0 fully saturated rings. The number of rotatable bonds is 7. The van der Waals surface area contributed by atoms with Crippen LogP contribution in [0.15, 0.2) is 66.9 Å². The minimum Gasteiger partial charge on any atom is -0.497 e. The largest absolute Gasteiger partial charge is 0.497 e. The molecule has 1 unspecified atom stereocenters. The van der Waals surface area contributed by atoms with Crippen LogP contribution in [0.25, 0.3) is 5.69 Å². The van der Waals surface area contributed by atoms with E-state index in [2.05, 4.69) is 4.57 Å². The van der Waals surface area contributed by atoms with E-state index in [1.54, 1.807) is 12.0 Å². The van der Waals surface area contributed by atoms with Gasteiger partial charge in [0.1, 0.15) is 18.3 Å². The summed E-state index contributed by atoms with van der Waals surface area (Å²) in [4.78, 5) is 30.9. The lowest BCUT2D eigenvalue weighted by Gasteiger charge is -2.40. The average Bonchev–Trinajstić information content (AvgIpc) is 3.35. The van der Waals surface area contributed by atoms with Crippen LogP contribution in [0.4, 0.5) is 5.69 Å². The molecule has 2 amide bonds. The second-order valence-electron chi connectivity index (χ2n) is 9.78. The fourth-order valence-electron chi connectivity index (χ4n) is 4.52. The molecule has 184 valence electrons. The number of hydrogen-bond acceptors (Lipinski definition) is 3. The van der Waals surface area contributed by atoms with Gasteiger partial charge < -0.3 is 14.2 Å². The third-order valence-electron chi connectivity index (χ3n) is 6.52. The highest BCUT2D eigenvalue weighted by molar-refractivity contribution is 6.20. The van der Waals surface area contributed by atoms with E-state index in [1.807, 2.05) is 99.5 Å². The highest BCUT2D eigenvalue weighted by atomic mass is 35.5. The number of anilines is 1. The van der Waals surface area contributed by atoms with Crippen molar-refractivity contribution in [2.75, 3.05) is 24.4 Å². The number of benzene rings is 2. The third-order valence-corrected chi connectivity index (χ3v) is 7.19. The number of carbonyl (C=O) groups is 2. The van der Waals surface area contributed by atoms with E-state index in [0.717, 1.165) is 28.4 Å². The van der Waals surface area contributed by atoms with Gasteiger partial charge in [-0.25, -0.2) is 0 Å². The molecule has 7 heteroatoms. The highest BCUT2D eigenvalue weighted by Gasteiger charge is 2.39. The monoisotopic (exact) mass is 493 g/mol. The van der Waals surface area contributed by atoms with E-state index in [1.165, 1.54) is 0 Å². The van der Waals surface area contributed by atoms with Gasteiger partial charge in [-0.15, -0.1) is 11.6 Å². The molecule has 4 rings (SSSR count). The first-order chi connectivity index (χ1) is 16.7. The van der Waals surface area contributed by atoms with Crippen molar-refractivity contribution in [1.29, 1.82) is 0 Å². The Labute approximate surface area is 212 Å². The van der Waals surface area contributed by atoms with Gasteiger partial charge in [-0.05, 0) is 69.7 Å². The zero-order chi connectivity index (χ0) is 25.3. The first-order valence-electron chi connectivity index (χ1n) is 11.8. The fourth-order valence-corrected chi connectivity index (χ4v) is 4.63. The lowest BCUT2D eigenvalue weighted by molar-refractivity contribution is -0.144. The van der Waals surface area contributed by atoms with Crippen molar-refractivity contribution in [1.82, 2.24) is 9.47 Å². The van der Waals surface area contributed by atoms with Gasteiger partial charge in [-0.2, -0.15) is 0 Å². The second-order valence-corrected chi connectivity index (χ2v) is 10.0. The minimum atomic E-state index is -0.768. The SMILES string of the molecule is COc1ccc(C2c3cccn3-c3ccccc3N2C(=O)CN(C(=O)C(C)(C)CCl)C(C)C)cc1. The van der Waals surface area contributed by atoms with Crippen molar-refractivity contribution >= 4 is 29.1 Å². The fraction of sp³-hybridized carbons (Fsp3) is 0.357. The van der Waals surface area contributed by atoms with Crippen molar-refractivity contribution in [2.24, 2.45) is 5.41 Å². The van der Waals surface area contributed by atoms with Gasteiger partial charge in [0, 0.05) is 18.1 Å². The zero-order valence-corrected chi connectivity index (χ0v) is 21.6. The lowest BCUT2D eigenvalue weighted by Crippen LogP contribution is -2.52. The molecular formula is C28H32ClN3O3. The quantitative estimate of drug-likeness (QED) is 0.413. The van der Waals surface area contributed by atoms with Crippen LogP contribution < -0.4 is 9.64 Å². The predicted molar refractivity (Wildman–Crippen MR) is 139 cm³/mol. The van der Waals surface area contributed by atoms with Crippen molar-refractivity contribution in [3.05, 3.63) is 78.1 Å². The number of ether oxygens (including phenoxy) is 1. The van der Waals surface area contributed by atoms with Crippen LogP contribution in [0.5, 0.6) is 5.75 Å². The maximum atomic E-state index is 14.1. The summed E-state index contributed by atoms with van der Waals surface area (Å²) in [6, 6.07) is 19.1. The summed E-state index contributed by atoms with van der Waals surface area (Å²) in [6.45, 7) is 7.42. The summed E-state index contributed by atoms with van der Waals surface area (Å²) in [5.41, 5.74) is 2.89. The molecule has 3 aromatic rings. The van der Waals surface area contributed by atoms with Gasteiger partial charge in [0.15, 0.2) is 0 Å². The Morgan fingerprint density at radius 2 is 1.69 bits per heavy atom. The molecule has 2 heterocycles. The number of carbonyl (C=O) groups excluding carboxylic acids is 2. The number of methoxy groups -OCH3 is 1. The second kappa shape index (κ2) is 9.78. The van der Waals surface area contributed by atoms with E-state index in [-0.39, 0.29) is 36.3 Å². The number of nitrogens with zero attached hydrogens (tertiary/aromatic N) is 3. The van der Waals surface area contributed by atoms with E-state index < -0.39 is 5.41 Å². The number of alkyl halides is 1. The number of hydrogen-bond donors (Lipinski definition) is 0. The summed E-state index contributed by atoms with van der Waals surface area (Å²) in [5.74, 6) is 0.638. The van der Waals surface area contributed by atoms with Gasteiger partial charge in [0.2, 0.25) is 11.8 Å².